The fourth-order valence-electron chi connectivity index (χ4n) is 4.70. The molecule has 0 aromatic heterocycles. The summed E-state index contributed by atoms with van der Waals surface area (Å²) in [4.78, 5) is 0. The Kier molecular flexibility index (Phi) is 9.31. The molecule has 0 aliphatic carbocycles. The predicted molar refractivity (Wildman–Crippen MR) is 130 cm³/mol. The number of hydrogen-bond acceptors (Lipinski definition) is 2. The lowest BCUT2D eigenvalue weighted by atomic mass is 9.88. The zero-order valence-corrected chi connectivity index (χ0v) is 20.7. The van der Waals surface area contributed by atoms with Crippen molar-refractivity contribution >= 4 is 6.08 Å². The summed E-state index contributed by atoms with van der Waals surface area (Å²) in [6.45, 7) is 15.6. The van der Waals surface area contributed by atoms with Crippen LogP contribution in [0.1, 0.15) is 109 Å². The van der Waals surface area contributed by atoms with E-state index in [0.29, 0.717) is 5.75 Å². The first-order valence-corrected chi connectivity index (χ1v) is 12.3. The van der Waals surface area contributed by atoms with Crippen LogP contribution in [-0.2, 0) is 0 Å². The first-order chi connectivity index (χ1) is 14.1. The molecule has 1 heterocycles. The van der Waals surface area contributed by atoms with Crippen LogP contribution in [0.5, 0.6) is 11.5 Å². The summed E-state index contributed by atoms with van der Waals surface area (Å²) < 4.78 is 6.39. The molecule has 2 rings (SSSR count). The summed E-state index contributed by atoms with van der Waals surface area (Å²) in [5.41, 5.74) is 2.57. The van der Waals surface area contributed by atoms with Crippen LogP contribution in [-0.4, -0.2) is 10.7 Å². The molecule has 1 aliphatic rings. The molecule has 2 heteroatoms. The van der Waals surface area contributed by atoms with Crippen molar-refractivity contribution in [1.82, 2.24) is 0 Å². The van der Waals surface area contributed by atoms with Gasteiger partial charge in [-0.1, -0.05) is 78.7 Å². The minimum absolute atomic E-state index is 0.243. The van der Waals surface area contributed by atoms with Crippen molar-refractivity contribution in [2.24, 2.45) is 17.8 Å². The number of fused-ring (bicyclic) bond motifs is 1. The smallest absolute Gasteiger partial charge is 0.128 e. The number of hydrogen-bond donors (Lipinski definition) is 1. The SMILES string of the molecule is Cc1cc2c(c(C)c1O)C=CC(C)(CCC[C@H](C)CCC[C@H](C)CCCC(C)C)O2. The Hall–Kier alpha value is -1.44. The summed E-state index contributed by atoms with van der Waals surface area (Å²) in [7, 11) is 0. The number of aryl methyl sites for hydroxylation is 1. The molecule has 0 bridgehead atoms. The Morgan fingerprint density at radius 1 is 0.900 bits per heavy atom. The maximum Gasteiger partial charge on any atom is 0.128 e. The molecule has 170 valence electrons. The maximum absolute atomic E-state index is 10.2. The molecule has 0 fully saturated rings. The van der Waals surface area contributed by atoms with Gasteiger partial charge in [-0.25, -0.2) is 0 Å². The third kappa shape index (κ3) is 7.36. The average Bonchev–Trinajstić information content (AvgIpc) is 2.65. The minimum Gasteiger partial charge on any atom is -0.507 e. The lowest BCUT2D eigenvalue weighted by Crippen LogP contribution is -2.32. The van der Waals surface area contributed by atoms with Gasteiger partial charge in [0.1, 0.15) is 17.1 Å². The van der Waals surface area contributed by atoms with Crippen LogP contribution in [0.2, 0.25) is 0 Å². The van der Waals surface area contributed by atoms with E-state index < -0.39 is 0 Å². The molecular weight excluding hydrogens is 368 g/mol. The summed E-state index contributed by atoms with van der Waals surface area (Å²) in [5.74, 6) is 3.80. The Morgan fingerprint density at radius 3 is 2.07 bits per heavy atom. The van der Waals surface area contributed by atoms with E-state index >= 15 is 0 Å². The van der Waals surface area contributed by atoms with Gasteiger partial charge in [0.15, 0.2) is 0 Å². The standard InChI is InChI=1S/C28H46O2/c1-20(2)11-8-12-21(3)13-9-14-22(4)15-10-17-28(7)18-16-25-24(6)27(29)23(5)19-26(25)30-28/h16,18-22,29H,8-15,17H2,1-7H3/t21-,22-,28?/m1/s1. The van der Waals surface area contributed by atoms with Crippen molar-refractivity contribution in [3.05, 3.63) is 28.8 Å². The molecule has 0 saturated carbocycles. The van der Waals surface area contributed by atoms with Crippen molar-refractivity contribution in [1.29, 1.82) is 0 Å². The summed E-state index contributed by atoms with van der Waals surface area (Å²) >= 11 is 0. The zero-order chi connectivity index (χ0) is 22.3. The largest absolute Gasteiger partial charge is 0.507 e. The van der Waals surface area contributed by atoms with Gasteiger partial charge in [-0.05, 0) is 69.1 Å². The zero-order valence-electron chi connectivity index (χ0n) is 20.7. The second-order valence-corrected chi connectivity index (χ2v) is 10.7. The van der Waals surface area contributed by atoms with E-state index in [1.165, 1.54) is 51.4 Å². The molecule has 3 atom stereocenters. The van der Waals surface area contributed by atoms with E-state index in [9.17, 15) is 5.11 Å². The Labute approximate surface area is 186 Å². The monoisotopic (exact) mass is 414 g/mol. The highest BCUT2D eigenvalue weighted by Crippen LogP contribution is 2.40. The Bertz CT molecular complexity index is 703. The number of aromatic hydroxyl groups is 1. The summed E-state index contributed by atoms with van der Waals surface area (Å²) in [5, 5.41) is 10.2. The summed E-state index contributed by atoms with van der Waals surface area (Å²) in [6, 6.07) is 1.98. The van der Waals surface area contributed by atoms with Crippen LogP contribution in [0.15, 0.2) is 12.1 Å². The molecule has 30 heavy (non-hydrogen) atoms. The van der Waals surface area contributed by atoms with Crippen molar-refractivity contribution in [2.45, 2.75) is 112 Å². The number of ether oxygens (including phenoxy) is 1. The van der Waals surface area contributed by atoms with Gasteiger partial charge in [-0.2, -0.15) is 0 Å². The van der Waals surface area contributed by atoms with Gasteiger partial charge in [0.2, 0.25) is 0 Å². The van der Waals surface area contributed by atoms with E-state index in [0.717, 1.165) is 46.6 Å². The Balaban J connectivity index is 1.70. The number of benzene rings is 1. The molecule has 0 spiro atoms. The van der Waals surface area contributed by atoms with Crippen molar-refractivity contribution in [3.63, 3.8) is 0 Å². The highest BCUT2D eigenvalue weighted by molar-refractivity contribution is 5.68. The van der Waals surface area contributed by atoms with E-state index in [1.54, 1.807) is 0 Å². The van der Waals surface area contributed by atoms with E-state index in [2.05, 4.69) is 46.8 Å². The molecule has 0 radical (unpaired) electrons. The van der Waals surface area contributed by atoms with Crippen molar-refractivity contribution in [2.75, 3.05) is 0 Å². The van der Waals surface area contributed by atoms with Gasteiger partial charge >= 0.3 is 0 Å². The normalized spacial score (nSPS) is 20.1. The highest BCUT2D eigenvalue weighted by atomic mass is 16.5. The van der Waals surface area contributed by atoms with Gasteiger partial charge in [0.25, 0.3) is 0 Å². The molecule has 1 N–H and O–H groups in total. The first-order valence-electron chi connectivity index (χ1n) is 12.3. The van der Waals surface area contributed by atoms with Crippen LogP contribution in [0.25, 0.3) is 6.08 Å². The van der Waals surface area contributed by atoms with E-state index in [-0.39, 0.29) is 5.60 Å². The molecule has 1 aliphatic heterocycles. The van der Waals surface area contributed by atoms with Gasteiger partial charge in [-0.3, -0.25) is 0 Å². The second kappa shape index (κ2) is 11.3. The molecule has 1 unspecified atom stereocenters. The van der Waals surface area contributed by atoms with E-state index in [4.69, 9.17) is 4.74 Å². The first kappa shape index (κ1) is 24.8. The minimum atomic E-state index is -0.243. The number of phenols is 1. The molecule has 0 saturated heterocycles. The number of phenolic OH excluding ortho intramolecular Hbond substituents is 1. The molecule has 0 amide bonds. The van der Waals surface area contributed by atoms with Crippen LogP contribution < -0.4 is 4.74 Å². The molecule has 2 nitrogen and oxygen atoms in total. The van der Waals surface area contributed by atoms with Crippen LogP contribution in [0.3, 0.4) is 0 Å². The lowest BCUT2D eigenvalue weighted by Gasteiger charge is -2.33. The lowest BCUT2D eigenvalue weighted by molar-refractivity contribution is 0.122. The third-order valence-corrected chi connectivity index (χ3v) is 6.93. The average molecular weight is 415 g/mol. The van der Waals surface area contributed by atoms with Gasteiger partial charge in [-0.15, -0.1) is 0 Å². The maximum atomic E-state index is 10.2. The van der Waals surface area contributed by atoms with Gasteiger partial charge < -0.3 is 9.84 Å². The second-order valence-electron chi connectivity index (χ2n) is 10.7. The molecule has 1 aromatic carbocycles. The van der Waals surface area contributed by atoms with Crippen LogP contribution in [0, 0.1) is 31.6 Å². The molecular formula is C28H46O2. The van der Waals surface area contributed by atoms with Crippen LogP contribution in [0.4, 0.5) is 0 Å². The Morgan fingerprint density at radius 2 is 1.47 bits per heavy atom. The highest BCUT2D eigenvalue weighted by Gasteiger charge is 2.28. The fraction of sp³-hybridized carbons (Fsp3) is 0.714. The fourth-order valence-corrected chi connectivity index (χ4v) is 4.70. The number of rotatable bonds is 12. The quantitative estimate of drug-likeness (QED) is 0.371. The summed E-state index contributed by atoms with van der Waals surface area (Å²) in [6.07, 6.45) is 16.1. The van der Waals surface area contributed by atoms with Crippen molar-refractivity contribution in [3.8, 4) is 11.5 Å². The topological polar surface area (TPSA) is 29.5 Å². The van der Waals surface area contributed by atoms with Gasteiger partial charge in [0, 0.05) is 11.1 Å². The van der Waals surface area contributed by atoms with E-state index in [1.807, 2.05) is 19.9 Å². The van der Waals surface area contributed by atoms with Gasteiger partial charge in [0.05, 0.1) is 0 Å². The third-order valence-electron chi connectivity index (χ3n) is 6.93. The molecule has 1 aromatic rings. The predicted octanol–water partition coefficient (Wildman–Crippen LogP) is 8.61. The van der Waals surface area contributed by atoms with Crippen molar-refractivity contribution < 1.29 is 9.84 Å². The van der Waals surface area contributed by atoms with Crippen LogP contribution >= 0.6 is 0 Å².